The van der Waals surface area contributed by atoms with Gasteiger partial charge in [0.15, 0.2) is 0 Å². The lowest BCUT2D eigenvalue weighted by atomic mass is 9.77. The average molecular weight is 644 g/mol. The van der Waals surface area contributed by atoms with E-state index in [-0.39, 0.29) is 11.2 Å². The molecule has 4 nitrogen and oxygen atoms in total. The van der Waals surface area contributed by atoms with Gasteiger partial charge in [0, 0.05) is 25.7 Å². The molecule has 1 heterocycles. The number of benzene rings is 1. The van der Waals surface area contributed by atoms with Crippen molar-refractivity contribution in [3.05, 3.63) is 107 Å². The first-order valence-electron chi connectivity index (χ1n) is 15.7. The van der Waals surface area contributed by atoms with Crippen LogP contribution in [0.2, 0.25) is 0 Å². The molecule has 0 bridgehead atoms. The Hall–Kier alpha value is -2.97. The monoisotopic (exact) mass is 643 g/mol. The van der Waals surface area contributed by atoms with Crippen molar-refractivity contribution in [3.63, 3.8) is 0 Å². The molecule has 0 radical (unpaired) electrons. The van der Waals surface area contributed by atoms with Crippen LogP contribution in [0.25, 0.3) is 0 Å². The van der Waals surface area contributed by atoms with E-state index in [0.717, 1.165) is 72.2 Å². The third-order valence-electron chi connectivity index (χ3n) is 8.56. The second-order valence-electron chi connectivity index (χ2n) is 12.5. The van der Waals surface area contributed by atoms with Gasteiger partial charge in [-0.25, -0.2) is 8.42 Å². The molecular weight excluding hydrogens is 595 g/mol. The van der Waals surface area contributed by atoms with Crippen molar-refractivity contribution < 1.29 is 26.3 Å². The Morgan fingerprint density at radius 3 is 2.47 bits per heavy atom. The van der Waals surface area contributed by atoms with Gasteiger partial charge in [-0.2, -0.15) is 13.2 Å². The number of aliphatic imine (C=N–C) groups is 1. The summed E-state index contributed by atoms with van der Waals surface area (Å²) in [5.74, 6) is 0.601. The van der Waals surface area contributed by atoms with Crippen LogP contribution in [-0.2, 0) is 27.2 Å². The minimum absolute atomic E-state index is 0.130. The van der Waals surface area contributed by atoms with Gasteiger partial charge in [0.25, 0.3) is 0 Å². The predicted molar refractivity (Wildman–Crippen MR) is 180 cm³/mol. The molecule has 2 aliphatic rings. The third-order valence-corrected chi connectivity index (χ3v) is 9.70. The van der Waals surface area contributed by atoms with E-state index in [2.05, 4.69) is 26.2 Å². The van der Waals surface area contributed by atoms with Gasteiger partial charge in [-0.3, -0.25) is 4.99 Å². The van der Waals surface area contributed by atoms with E-state index in [4.69, 9.17) is 9.73 Å². The third kappa shape index (κ3) is 12.0. The van der Waals surface area contributed by atoms with Crippen LogP contribution in [-0.4, -0.2) is 39.4 Å². The molecule has 0 N–H and O–H groups in total. The van der Waals surface area contributed by atoms with E-state index in [1.165, 1.54) is 11.8 Å². The molecule has 2 fully saturated rings. The Morgan fingerprint density at radius 2 is 1.87 bits per heavy atom. The summed E-state index contributed by atoms with van der Waals surface area (Å²) in [4.78, 5) is 4.82. The van der Waals surface area contributed by atoms with Crippen LogP contribution < -0.4 is 0 Å². The number of allylic oxidation sites excluding steroid dienone is 9. The molecule has 0 amide bonds. The molecular formula is C37H48F3NO3S. The van der Waals surface area contributed by atoms with Crippen LogP contribution in [0.3, 0.4) is 0 Å². The van der Waals surface area contributed by atoms with Gasteiger partial charge < -0.3 is 4.74 Å². The van der Waals surface area contributed by atoms with Crippen LogP contribution in [0.5, 0.6) is 0 Å². The van der Waals surface area contributed by atoms with Crippen LogP contribution >= 0.6 is 0 Å². The fourth-order valence-corrected chi connectivity index (χ4v) is 7.60. The Bertz CT molecular complexity index is 1430. The maximum atomic E-state index is 13.0. The van der Waals surface area contributed by atoms with Gasteiger partial charge in [-0.1, -0.05) is 60.7 Å². The smallest absolute Gasteiger partial charge is 0.381 e. The molecule has 45 heavy (non-hydrogen) atoms. The zero-order chi connectivity index (χ0) is 33.1. The summed E-state index contributed by atoms with van der Waals surface area (Å²) >= 11 is 0. The molecule has 1 atom stereocenters. The fourth-order valence-electron chi connectivity index (χ4n) is 6.06. The highest BCUT2D eigenvalue weighted by Crippen LogP contribution is 2.41. The molecule has 246 valence electrons. The largest absolute Gasteiger partial charge is 0.416 e. The van der Waals surface area contributed by atoms with E-state index < -0.39 is 21.6 Å². The van der Waals surface area contributed by atoms with Crippen LogP contribution in [0.1, 0.15) is 76.3 Å². The lowest BCUT2D eigenvalue weighted by Gasteiger charge is -2.32. The molecule has 1 aromatic rings. The first-order chi connectivity index (χ1) is 21.3. The highest BCUT2D eigenvalue weighted by Gasteiger charge is 2.35. The SMILES string of the molecule is C=C/C=C/N=C(/C(=C)CCC1(CS(C)(=O)=O)CCCOCC1)C(/C=C/C)=C(C)C/C(=C/Cc1ccc(C(F)(F)F)cc1)C1CC1. The molecule has 1 aromatic carbocycles. The van der Waals surface area contributed by atoms with Gasteiger partial charge >= 0.3 is 6.18 Å². The zero-order valence-corrected chi connectivity index (χ0v) is 27.8. The molecule has 1 aliphatic heterocycles. The van der Waals surface area contributed by atoms with E-state index in [1.807, 2.05) is 19.1 Å². The number of sulfone groups is 1. The normalized spacial score (nSPS) is 21.2. The van der Waals surface area contributed by atoms with Gasteiger partial charge in [-0.05, 0) is 118 Å². The van der Waals surface area contributed by atoms with Gasteiger partial charge in [0.2, 0.25) is 0 Å². The van der Waals surface area contributed by atoms with E-state index in [1.54, 1.807) is 30.5 Å². The number of rotatable bonds is 15. The van der Waals surface area contributed by atoms with E-state index in [0.29, 0.717) is 44.8 Å². The number of alkyl halides is 3. The molecule has 3 rings (SSSR count). The lowest BCUT2D eigenvalue weighted by Crippen LogP contribution is -2.31. The Morgan fingerprint density at radius 1 is 1.16 bits per heavy atom. The van der Waals surface area contributed by atoms with Crippen molar-refractivity contribution in [2.45, 2.75) is 77.8 Å². The maximum Gasteiger partial charge on any atom is 0.416 e. The first-order valence-corrected chi connectivity index (χ1v) is 17.8. The number of nitrogens with zero attached hydrogens (tertiary/aromatic N) is 1. The fraction of sp³-hybridized carbons (Fsp3) is 0.486. The molecule has 0 spiro atoms. The number of hydrogen-bond donors (Lipinski definition) is 0. The highest BCUT2D eigenvalue weighted by atomic mass is 32.2. The second-order valence-corrected chi connectivity index (χ2v) is 14.7. The summed E-state index contributed by atoms with van der Waals surface area (Å²) in [6, 6.07) is 5.38. The zero-order valence-electron chi connectivity index (χ0n) is 27.0. The second kappa shape index (κ2) is 16.5. The predicted octanol–water partition coefficient (Wildman–Crippen LogP) is 9.58. The quantitative estimate of drug-likeness (QED) is 0.109. The molecule has 1 unspecified atom stereocenters. The highest BCUT2D eigenvalue weighted by molar-refractivity contribution is 7.90. The maximum absolute atomic E-state index is 13.0. The summed E-state index contributed by atoms with van der Waals surface area (Å²) in [5.41, 5.74) is 4.82. The Kier molecular flexibility index (Phi) is 13.4. The van der Waals surface area contributed by atoms with Crippen LogP contribution in [0.4, 0.5) is 13.2 Å². The van der Waals surface area contributed by atoms with Crippen molar-refractivity contribution in [2.24, 2.45) is 16.3 Å². The summed E-state index contributed by atoms with van der Waals surface area (Å²) in [5, 5.41) is 0. The standard InChI is InChI=1S/C37H48F3NO3S/c1-6-8-23-41-35(28(3)19-21-36(27-45(5,42)43)20-9-24-44-25-22-36)34(10-7-2)29(4)26-32(31-15-16-31)14-11-30-12-17-33(18-13-30)37(38,39)40/h6-8,10,12-14,17-18,23,31H,1,3,9,11,15-16,19-22,24-27H2,2,4-5H3/b10-7+,23-8+,32-14-,34-29?,41-35-. The summed E-state index contributed by atoms with van der Waals surface area (Å²) in [7, 11) is -3.19. The Labute approximate surface area is 268 Å². The van der Waals surface area contributed by atoms with Crippen molar-refractivity contribution in [1.82, 2.24) is 0 Å². The molecule has 0 aromatic heterocycles. The van der Waals surface area contributed by atoms with Crippen molar-refractivity contribution in [2.75, 3.05) is 25.2 Å². The molecule has 8 heteroatoms. The van der Waals surface area contributed by atoms with E-state index >= 15 is 0 Å². The average Bonchev–Trinajstić information content (AvgIpc) is 3.83. The van der Waals surface area contributed by atoms with Crippen molar-refractivity contribution in [1.29, 1.82) is 0 Å². The molecule has 1 saturated heterocycles. The van der Waals surface area contributed by atoms with Crippen molar-refractivity contribution >= 4 is 15.5 Å². The molecule has 1 saturated carbocycles. The van der Waals surface area contributed by atoms with Crippen LogP contribution in [0, 0.1) is 11.3 Å². The summed E-state index contributed by atoms with van der Waals surface area (Å²) in [6.45, 7) is 13.5. The first kappa shape index (κ1) is 36.5. The summed E-state index contributed by atoms with van der Waals surface area (Å²) < 4.78 is 69.6. The van der Waals surface area contributed by atoms with Gasteiger partial charge in [0.1, 0.15) is 9.84 Å². The van der Waals surface area contributed by atoms with Crippen molar-refractivity contribution in [3.8, 4) is 0 Å². The minimum Gasteiger partial charge on any atom is -0.381 e. The molecule has 1 aliphatic carbocycles. The minimum atomic E-state index is -4.35. The van der Waals surface area contributed by atoms with Gasteiger partial charge in [0.05, 0.1) is 17.0 Å². The van der Waals surface area contributed by atoms with E-state index in [9.17, 15) is 21.6 Å². The topological polar surface area (TPSA) is 55.7 Å². The summed E-state index contributed by atoms with van der Waals surface area (Å²) in [6.07, 6.45) is 15.4. The Balaban J connectivity index is 1.89. The number of ether oxygens (including phenoxy) is 1. The van der Waals surface area contributed by atoms with Gasteiger partial charge in [-0.15, -0.1) is 0 Å². The van der Waals surface area contributed by atoms with Crippen LogP contribution in [0.15, 0.2) is 101 Å². The lowest BCUT2D eigenvalue weighted by molar-refractivity contribution is -0.137. The number of hydrogen-bond acceptors (Lipinski definition) is 4. The number of halogens is 3.